The molecule has 0 saturated heterocycles. The zero-order valence-corrected chi connectivity index (χ0v) is 9.37. The van der Waals surface area contributed by atoms with E-state index in [0.29, 0.717) is 0 Å². The molecule has 0 aliphatic heterocycles. The molecule has 2 rings (SSSR count). The summed E-state index contributed by atoms with van der Waals surface area (Å²) in [6.07, 6.45) is 0.835. The quantitative estimate of drug-likeness (QED) is 0.726. The van der Waals surface area contributed by atoms with Crippen LogP contribution in [0.2, 0.25) is 0 Å². The van der Waals surface area contributed by atoms with Gasteiger partial charge in [0.1, 0.15) is 5.52 Å². The lowest BCUT2D eigenvalue weighted by Crippen LogP contribution is -2.09. The lowest BCUT2D eigenvalue weighted by atomic mass is 9.92. The Morgan fingerprint density at radius 1 is 1.33 bits per heavy atom. The van der Waals surface area contributed by atoms with E-state index in [1.165, 1.54) is 0 Å². The van der Waals surface area contributed by atoms with Gasteiger partial charge in [-0.05, 0) is 23.6 Å². The smallest absolute Gasteiger partial charge is 0.195 e. The third kappa shape index (κ3) is 2.29. The molecule has 0 bridgehead atoms. The highest BCUT2D eigenvalue weighted by molar-refractivity contribution is 5.76. The van der Waals surface area contributed by atoms with E-state index in [0.717, 1.165) is 29.1 Å². The first-order valence-electron chi connectivity index (χ1n) is 5.09. The fraction of sp³-hybridized carbons (Fsp3) is 0.417. The molecular weight excluding hydrogens is 188 g/mol. The van der Waals surface area contributed by atoms with Crippen molar-refractivity contribution in [2.45, 2.75) is 27.2 Å². The topological polar surface area (TPSA) is 52.0 Å². The van der Waals surface area contributed by atoms with Gasteiger partial charge in [0.25, 0.3) is 0 Å². The monoisotopic (exact) mass is 204 g/mol. The lowest BCUT2D eigenvalue weighted by Gasteiger charge is -2.14. The summed E-state index contributed by atoms with van der Waals surface area (Å²) in [5.41, 5.74) is 8.24. The number of fused-ring (bicyclic) bond motifs is 1. The molecule has 15 heavy (non-hydrogen) atoms. The molecule has 3 heteroatoms. The second-order valence-corrected chi connectivity index (χ2v) is 5.07. The van der Waals surface area contributed by atoms with Gasteiger partial charge in [0.2, 0.25) is 0 Å². The number of aromatic nitrogens is 1. The number of rotatable bonds is 1. The molecule has 2 N–H and O–H groups in total. The SMILES string of the molecule is CC(C)(C)Cc1nc2cc(N)ccc2o1. The molecule has 0 fully saturated rings. The predicted molar refractivity (Wildman–Crippen MR) is 61.6 cm³/mol. The summed E-state index contributed by atoms with van der Waals surface area (Å²) in [4.78, 5) is 4.41. The summed E-state index contributed by atoms with van der Waals surface area (Å²) < 4.78 is 5.63. The van der Waals surface area contributed by atoms with Gasteiger partial charge in [-0.15, -0.1) is 0 Å². The summed E-state index contributed by atoms with van der Waals surface area (Å²) >= 11 is 0. The number of oxazole rings is 1. The molecule has 80 valence electrons. The summed E-state index contributed by atoms with van der Waals surface area (Å²) in [5, 5.41) is 0. The standard InChI is InChI=1S/C12H16N2O/c1-12(2,3)7-11-14-9-6-8(13)4-5-10(9)15-11/h4-6H,7,13H2,1-3H3. The Hall–Kier alpha value is -1.51. The van der Waals surface area contributed by atoms with Gasteiger partial charge in [-0.1, -0.05) is 20.8 Å². The maximum atomic E-state index is 5.68. The van der Waals surface area contributed by atoms with Gasteiger partial charge in [0.05, 0.1) is 0 Å². The van der Waals surface area contributed by atoms with Crippen molar-refractivity contribution in [1.29, 1.82) is 0 Å². The van der Waals surface area contributed by atoms with Crippen LogP contribution in [0, 0.1) is 5.41 Å². The highest BCUT2D eigenvalue weighted by Crippen LogP contribution is 2.24. The van der Waals surface area contributed by atoms with Gasteiger partial charge in [-0.25, -0.2) is 4.98 Å². The number of hydrogen-bond acceptors (Lipinski definition) is 3. The Labute approximate surface area is 89.3 Å². The van der Waals surface area contributed by atoms with Crippen LogP contribution in [0.15, 0.2) is 22.6 Å². The average Bonchev–Trinajstić information content (AvgIpc) is 2.42. The second kappa shape index (κ2) is 3.26. The summed E-state index contributed by atoms with van der Waals surface area (Å²) in [6, 6.07) is 5.53. The van der Waals surface area contributed by atoms with E-state index >= 15 is 0 Å². The van der Waals surface area contributed by atoms with Crippen molar-refractivity contribution in [2.75, 3.05) is 5.73 Å². The lowest BCUT2D eigenvalue weighted by molar-refractivity contribution is 0.362. The van der Waals surface area contributed by atoms with Crippen molar-refractivity contribution < 1.29 is 4.42 Å². The van der Waals surface area contributed by atoms with E-state index in [1.54, 1.807) is 0 Å². The van der Waals surface area contributed by atoms with Crippen LogP contribution in [-0.2, 0) is 6.42 Å². The Kier molecular flexibility index (Phi) is 2.18. The largest absolute Gasteiger partial charge is 0.441 e. The minimum atomic E-state index is 0.187. The maximum absolute atomic E-state index is 5.68. The second-order valence-electron chi connectivity index (χ2n) is 5.07. The number of benzene rings is 1. The molecule has 0 radical (unpaired) electrons. The van der Waals surface area contributed by atoms with E-state index in [1.807, 2.05) is 18.2 Å². The zero-order valence-electron chi connectivity index (χ0n) is 9.37. The van der Waals surface area contributed by atoms with Crippen LogP contribution in [0.4, 0.5) is 5.69 Å². The highest BCUT2D eigenvalue weighted by atomic mass is 16.3. The van der Waals surface area contributed by atoms with Crippen molar-refractivity contribution in [2.24, 2.45) is 5.41 Å². The van der Waals surface area contributed by atoms with E-state index in [-0.39, 0.29) is 5.41 Å². The number of nitrogen functional groups attached to an aromatic ring is 1. The Morgan fingerprint density at radius 2 is 2.07 bits per heavy atom. The first kappa shape index (κ1) is 10.0. The van der Waals surface area contributed by atoms with Gasteiger partial charge in [0, 0.05) is 12.1 Å². The van der Waals surface area contributed by atoms with Crippen molar-refractivity contribution >= 4 is 16.8 Å². The number of nitrogens with two attached hydrogens (primary N) is 1. The molecule has 0 spiro atoms. The third-order valence-electron chi connectivity index (χ3n) is 2.14. The van der Waals surface area contributed by atoms with Crippen LogP contribution < -0.4 is 5.73 Å². The first-order valence-corrected chi connectivity index (χ1v) is 5.09. The van der Waals surface area contributed by atoms with Crippen LogP contribution in [0.25, 0.3) is 11.1 Å². The molecule has 0 atom stereocenters. The van der Waals surface area contributed by atoms with Crippen molar-refractivity contribution in [3.8, 4) is 0 Å². The summed E-state index contributed by atoms with van der Waals surface area (Å²) in [7, 11) is 0. The van der Waals surface area contributed by atoms with Gasteiger partial charge in [0.15, 0.2) is 11.5 Å². The molecule has 3 nitrogen and oxygen atoms in total. The highest BCUT2D eigenvalue weighted by Gasteiger charge is 2.15. The van der Waals surface area contributed by atoms with Gasteiger partial charge >= 0.3 is 0 Å². The zero-order chi connectivity index (χ0) is 11.1. The van der Waals surface area contributed by atoms with E-state index in [4.69, 9.17) is 10.2 Å². The molecule has 0 aliphatic carbocycles. The fourth-order valence-corrected chi connectivity index (χ4v) is 1.52. The molecule has 1 aromatic carbocycles. The molecule has 0 unspecified atom stereocenters. The van der Waals surface area contributed by atoms with Crippen LogP contribution in [0.3, 0.4) is 0 Å². The third-order valence-corrected chi connectivity index (χ3v) is 2.14. The van der Waals surface area contributed by atoms with Crippen molar-refractivity contribution in [1.82, 2.24) is 4.98 Å². The summed E-state index contributed by atoms with van der Waals surface area (Å²) in [5.74, 6) is 0.781. The van der Waals surface area contributed by atoms with Crippen LogP contribution in [0.5, 0.6) is 0 Å². The van der Waals surface area contributed by atoms with Gasteiger partial charge in [-0.2, -0.15) is 0 Å². The minimum absolute atomic E-state index is 0.187. The molecule has 1 aromatic heterocycles. The first-order chi connectivity index (χ1) is 6.94. The van der Waals surface area contributed by atoms with Crippen LogP contribution >= 0.6 is 0 Å². The number of hydrogen-bond donors (Lipinski definition) is 1. The molecule has 1 heterocycles. The van der Waals surface area contributed by atoms with Gasteiger partial charge < -0.3 is 10.2 Å². The average molecular weight is 204 g/mol. The van der Waals surface area contributed by atoms with E-state index < -0.39 is 0 Å². The van der Waals surface area contributed by atoms with Crippen molar-refractivity contribution in [3.05, 3.63) is 24.1 Å². The van der Waals surface area contributed by atoms with Crippen LogP contribution in [-0.4, -0.2) is 4.98 Å². The van der Waals surface area contributed by atoms with Crippen LogP contribution in [0.1, 0.15) is 26.7 Å². The molecule has 0 amide bonds. The van der Waals surface area contributed by atoms with E-state index in [9.17, 15) is 0 Å². The Balaban J connectivity index is 2.39. The number of nitrogens with zero attached hydrogens (tertiary/aromatic N) is 1. The molecule has 2 aromatic rings. The Bertz CT molecular complexity index is 480. The van der Waals surface area contributed by atoms with Gasteiger partial charge in [-0.3, -0.25) is 0 Å². The number of anilines is 1. The molecule has 0 saturated carbocycles. The van der Waals surface area contributed by atoms with Crippen molar-refractivity contribution in [3.63, 3.8) is 0 Å². The van der Waals surface area contributed by atoms with E-state index in [2.05, 4.69) is 25.8 Å². The predicted octanol–water partition coefficient (Wildman–Crippen LogP) is 3.00. The normalized spacial score (nSPS) is 12.2. The summed E-state index contributed by atoms with van der Waals surface area (Å²) in [6.45, 7) is 6.49. The maximum Gasteiger partial charge on any atom is 0.195 e. The molecule has 0 aliphatic rings. The minimum Gasteiger partial charge on any atom is -0.441 e. The fourth-order valence-electron chi connectivity index (χ4n) is 1.52. The molecular formula is C12H16N2O. The Morgan fingerprint density at radius 3 is 2.73 bits per heavy atom.